The van der Waals surface area contributed by atoms with E-state index in [0.717, 1.165) is 61.2 Å². The molecular weight excluding hydrogens is 609 g/mol. The third-order valence-electron chi connectivity index (χ3n) is 9.10. The van der Waals surface area contributed by atoms with E-state index in [1.54, 1.807) is 0 Å². The minimum absolute atomic E-state index is 0.581. The molecule has 0 aliphatic rings. The molecule has 10 aromatic rings. The monoisotopic (exact) mass is 634 g/mol. The van der Waals surface area contributed by atoms with Crippen LogP contribution in [0.25, 0.3) is 75.8 Å². The van der Waals surface area contributed by atoms with Crippen LogP contribution in [-0.4, -0.2) is 4.98 Å². The molecule has 0 aliphatic carbocycles. The first-order chi connectivity index (χ1) is 23.8. The minimum atomic E-state index is 0.581. The highest BCUT2D eigenvalue weighted by molar-refractivity contribution is 7.25. The number of rotatable bonds is 5. The van der Waals surface area contributed by atoms with E-state index in [2.05, 4.69) is 114 Å². The number of anilines is 3. The molecule has 10 rings (SSSR count). The number of hydrogen-bond acceptors (Lipinski definition) is 5. The third-order valence-corrected chi connectivity index (χ3v) is 10.2. The summed E-state index contributed by atoms with van der Waals surface area (Å²) in [6.45, 7) is 0. The van der Waals surface area contributed by atoms with Gasteiger partial charge in [0.15, 0.2) is 11.2 Å². The van der Waals surface area contributed by atoms with E-state index in [0.29, 0.717) is 11.5 Å². The lowest BCUT2D eigenvalue weighted by atomic mass is 10.0. The summed E-state index contributed by atoms with van der Waals surface area (Å²) in [6.07, 6.45) is 0. The van der Waals surface area contributed by atoms with Crippen molar-refractivity contribution in [2.75, 3.05) is 4.90 Å². The molecule has 226 valence electrons. The van der Waals surface area contributed by atoms with Gasteiger partial charge in [-0.15, -0.1) is 11.3 Å². The molecule has 0 unspecified atom stereocenters. The molecular formula is C43H26N2O2S. The van der Waals surface area contributed by atoms with Crippen LogP contribution in [-0.2, 0) is 0 Å². The average molecular weight is 635 g/mol. The Morgan fingerprint density at radius 3 is 2.04 bits per heavy atom. The lowest BCUT2D eigenvalue weighted by Crippen LogP contribution is -2.11. The van der Waals surface area contributed by atoms with Gasteiger partial charge in [-0.3, -0.25) is 0 Å². The molecule has 0 radical (unpaired) electrons. The van der Waals surface area contributed by atoms with Crippen molar-refractivity contribution < 1.29 is 8.83 Å². The molecule has 3 heterocycles. The number of nitrogens with zero attached hydrogens (tertiary/aromatic N) is 2. The van der Waals surface area contributed by atoms with Gasteiger partial charge in [0.2, 0.25) is 5.89 Å². The predicted octanol–water partition coefficient (Wildman–Crippen LogP) is 12.9. The summed E-state index contributed by atoms with van der Waals surface area (Å²) < 4.78 is 15.9. The zero-order valence-electron chi connectivity index (χ0n) is 25.6. The Balaban J connectivity index is 1.31. The standard InChI is InChI=1S/C43H26N2O2S/c1-3-13-27(14-4-1)30-17-7-10-20-34(30)45(29-23-24-32-31-18-9-12-22-38(31)48-39(32)25-29)35-26-37-41(44-43(47-37)28-15-5-2-6-16-28)40-33-19-8-11-21-36(33)46-42(35)40/h1-26H. The van der Waals surface area contributed by atoms with Crippen molar-refractivity contribution >= 4 is 81.6 Å². The number of aromatic nitrogens is 1. The molecule has 0 saturated heterocycles. The number of furan rings is 1. The first kappa shape index (κ1) is 27.0. The van der Waals surface area contributed by atoms with Crippen LogP contribution in [0.2, 0.25) is 0 Å². The molecule has 0 aliphatic heterocycles. The molecule has 7 aromatic carbocycles. The van der Waals surface area contributed by atoms with Crippen LogP contribution in [0.4, 0.5) is 17.1 Å². The highest BCUT2D eigenvalue weighted by Gasteiger charge is 2.26. The second-order valence-corrected chi connectivity index (χ2v) is 13.0. The van der Waals surface area contributed by atoms with E-state index in [-0.39, 0.29) is 0 Å². The highest BCUT2D eigenvalue weighted by Crippen LogP contribution is 2.49. The number of thiophene rings is 1. The lowest BCUT2D eigenvalue weighted by Gasteiger charge is -2.28. The van der Waals surface area contributed by atoms with E-state index in [1.807, 2.05) is 59.9 Å². The van der Waals surface area contributed by atoms with E-state index in [4.69, 9.17) is 13.8 Å². The van der Waals surface area contributed by atoms with Gasteiger partial charge in [-0.25, -0.2) is 4.98 Å². The van der Waals surface area contributed by atoms with Gasteiger partial charge >= 0.3 is 0 Å². The summed E-state index contributed by atoms with van der Waals surface area (Å²) in [5.74, 6) is 0.581. The molecule has 0 amide bonds. The summed E-state index contributed by atoms with van der Waals surface area (Å²) in [6, 6.07) is 54.9. The normalized spacial score (nSPS) is 11.8. The fourth-order valence-electron chi connectivity index (χ4n) is 6.92. The SMILES string of the molecule is c1ccc(-c2nc3c(cc(N(c4ccc5c(c4)sc4ccccc45)c4ccccc4-c4ccccc4)c4oc5ccccc5c43)o2)cc1. The Kier molecular flexibility index (Phi) is 6.01. The van der Waals surface area contributed by atoms with Crippen LogP contribution in [0.5, 0.6) is 0 Å². The summed E-state index contributed by atoms with van der Waals surface area (Å²) >= 11 is 1.82. The Morgan fingerprint density at radius 2 is 1.19 bits per heavy atom. The third kappa shape index (κ3) is 4.18. The maximum atomic E-state index is 6.79. The second-order valence-electron chi connectivity index (χ2n) is 11.9. The maximum absolute atomic E-state index is 6.79. The van der Waals surface area contributed by atoms with Crippen molar-refractivity contribution in [3.8, 4) is 22.6 Å². The second kappa shape index (κ2) is 10.7. The fraction of sp³-hybridized carbons (Fsp3) is 0. The number of oxazole rings is 1. The average Bonchev–Trinajstić information content (AvgIpc) is 3.86. The summed E-state index contributed by atoms with van der Waals surface area (Å²) in [5.41, 5.74) is 9.18. The summed E-state index contributed by atoms with van der Waals surface area (Å²) in [4.78, 5) is 7.39. The number of fused-ring (bicyclic) bond motifs is 8. The van der Waals surface area contributed by atoms with Crippen molar-refractivity contribution in [3.63, 3.8) is 0 Å². The first-order valence-corrected chi connectivity index (χ1v) is 16.8. The fourth-order valence-corrected chi connectivity index (χ4v) is 8.06. The number of hydrogen-bond donors (Lipinski definition) is 0. The Hall–Kier alpha value is -6.17. The summed E-state index contributed by atoms with van der Waals surface area (Å²) in [5, 5.41) is 4.47. The van der Waals surface area contributed by atoms with Gasteiger partial charge in [-0.1, -0.05) is 109 Å². The van der Waals surface area contributed by atoms with Crippen molar-refractivity contribution in [2.45, 2.75) is 0 Å². The molecule has 3 aromatic heterocycles. The van der Waals surface area contributed by atoms with E-state index in [9.17, 15) is 0 Å². The van der Waals surface area contributed by atoms with Crippen LogP contribution >= 0.6 is 11.3 Å². The first-order valence-electron chi connectivity index (χ1n) is 16.0. The van der Waals surface area contributed by atoms with Gasteiger partial charge in [-0.2, -0.15) is 0 Å². The Morgan fingerprint density at radius 1 is 0.500 bits per heavy atom. The quantitative estimate of drug-likeness (QED) is 0.189. The predicted molar refractivity (Wildman–Crippen MR) is 200 cm³/mol. The van der Waals surface area contributed by atoms with Crippen LogP contribution < -0.4 is 4.90 Å². The molecule has 0 spiro atoms. The Labute approximate surface area is 279 Å². The summed E-state index contributed by atoms with van der Waals surface area (Å²) in [7, 11) is 0. The number of benzene rings is 7. The van der Waals surface area contributed by atoms with Gasteiger partial charge in [0.1, 0.15) is 11.1 Å². The Bertz CT molecular complexity index is 2790. The van der Waals surface area contributed by atoms with Crippen molar-refractivity contribution in [2.24, 2.45) is 0 Å². The zero-order valence-corrected chi connectivity index (χ0v) is 26.4. The molecule has 5 heteroatoms. The van der Waals surface area contributed by atoms with Crippen molar-refractivity contribution in [3.05, 3.63) is 158 Å². The van der Waals surface area contributed by atoms with Gasteiger partial charge < -0.3 is 13.7 Å². The van der Waals surface area contributed by atoms with Gasteiger partial charge in [0, 0.05) is 48.4 Å². The van der Waals surface area contributed by atoms with Crippen molar-refractivity contribution in [1.82, 2.24) is 4.98 Å². The highest BCUT2D eigenvalue weighted by atomic mass is 32.1. The molecule has 4 nitrogen and oxygen atoms in total. The molecule has 0 saturated carbocycles. The molecule has 0 atom stereocenters. The molecule has 0 bridgehead atoms. The maximum Gasteiger partial charge on any atom is 0.227 e. The molecule has 0 N–H and O–H groups in total. The van der Waals surface area contributed by atoms with E-state index < -0.39 is 0 Å². The van der Waals surface area contributed by atoms with E-state index in [1.165, 1.54) is 20.2 Å². The van der Waals surface area contributed by atoms with Gasteiger partial charge in [0.25, 0.3) is 0 Å². The van der Waals surface area contributed by atoms with Crippen LogP contribution in [0.1, 0.15) is 0 Å². The minimum Gasteiger partial charge on any atom is -0.454 e. The zero-order chi connectivity index (χ0) is 31.6. The number of para-hydroxylation sites is 2. The van der Waals surface area contributed by atoms with E-state index >= 15 is 0 Å². The molecule has 48 heavy (non-hydrogen) atoms. The van der Waals surface area contributed by atoms with Gasteiger partial charge in [-0.05, 0) is 48.0 Å². The van der Waals surface area contributed by atoms with Crippen LogP contribution in [0.3, 0.4) is 0 Å². The van der Waals surface area contributed by atoms with Crippen molar-refractivity contribution in [1.29, 1.82) is 0 Å². The van der Waals surface area contributed by atoms with Crippen LogP contribution in [0, 0.1) is 0 Å². The van der Waals surface area contributed by atoms with Gasteiger partial charge in [0.05, 0.1) is 16.8 Å². The molecule has 0 fully saturated rings. The lowest BCUT2D eigenvalue weighted by molar-refractivity contribution is 0.619. The smallest absolute Gasteiger partial charge is 0.227 e. The largest absolute Gasteiger partial charge is 0.454 e. The topological polar surface area (TPSA) is 42.4 Å². The van der Waals surface area contributed by atoms with Crippen LogP contribution in [0.15, 0.2) is 167 Å².